The number of carboxylic acid groups (broad SMARTS) is 1. The Kier molecular flexibility index (Phi) is 4.67. The number of thiol groups is 1. The van der Waals surface area contributed by atoms with Crippen LogP contribution in [0.4, 0.5) is 10.6 Å². The molecule has 0 aliphatic rings. The molecular weight excluding hydrogens is 338 g/mol. The summed E-state index contributed by atoms with van der Waals surface area (Å²) in [4.78, 5) is 21.9. The number of rotatable bonds is 6. The summed E-state index contributed by atoms with van der Waals surface area (Å²) in [6.07, 6.45) is 1.04. The number of nitrogens with one attached hydrogen (secondary N) is 1. The first-order chi connectivity index (χ1) is 11.1. The number of tetrazole rings is 1. The molecule has 23 heavy (non-hydrogen) atoms. The summed E-state index contributed by atoms with van der Waals surface area (Å²) in [5, 5.41) is 23.0. The van der Waals surface area contributed by atoms with Crippen molar-refractivity contribution >= 4 is 46.2 Å². The van der Waals surface area contributed by atoms with E-state index in [4.69, 9.17) is 0 Å². The van der Waals surface area contributed by atoms with Crippen molar-refractivity contribution in [2.24, 2.45) is 0 Å². The fourth-order valence-electron chi connectivity index (χ4n) is 2.10. The van der Waals surface area contributed by atoms with Crippen molar-refractivity contribution < 1.29 is 9.90 Å². The average Bonchev–Trinajstić information content (AvgIpc) is 3.14. The highest BCUT2D eigenvalue weighted by Gasteiger charge is 2.16. The number of fused-ring (bicyclic) bond motifs is 1. The van der Waals surface area contributed by atoms with Crippen LogP contribution < -0.4 is 4.90 Å². The van der Waals surface area contributed by atoms with E-state index in [2.05, 4.69) is 43.2 Å². The Balaban J connectivity index is 1.66. The van der Waals surface area contributed by atoms with Crippen LogP contribution in [0.25, 0.3) is 10.3 Å². The lowest BCUT2D eigenvalue weighted by Gasteiger charge is -2.17. The maximum atomic E-state index is 11.5. The van der Waals surface area contributed by atoms with E-state index in [1.54, 1.807) is 12.1 Å². The Morgan fingerprint density at radius 3 is 2.96 bits per heavy atom. The Morgan fingerprint density at radius 2 is 2.22 bits per heavy atom. The number of carbonyl (C=O) groups is 1. The number of nitrogens with zero attached hydrogens (tertiary/aromatic N) is 6. The van der Waals surface area contributed by atoms with E-state index in [0.717, 1.165) is 6.42 Å². The summed E-state index contributed by atoms with van der Waals surface area (Å²) in [6, 6.07) is 3.41. The van der Waals surface area contributed by atoms with Crippen LogP contribution in [-0.2, 0) is 6.42 Å². The molecule has 11 heteroatoms. The predicted molar refractivity (Wildman–Crippen MR) is 87.2 cm³/mol. The van der Waals surface area contributed by atoms with Gasteiger partial charge in [-0.2, -0.15) is 5.21 Å². The Bertz CT molecular complexity index is 805. The number of amides is 1. The minimum atomic E-state index is -1.04. The van der Waals surface area contributed by atoms with Gasteiger partial charge in [-0.05, 0) is 25.0 Å². The lowest BCUT2D eigenvalue weighted by Crippen LogP contribution is -2.31. The monoisotopic (exact) mass is 351 g/mol. The van der Waals surface area contributed by atoms with Crippen LogP contribution in [0, 0.1) is 0 Å². The topological polar surface area (TPSA) is 121 Å². The van der Waals surface area contributed by atoms with Crippen LogP contribution in [0.15, 0.2) is 16.5 Å². The third kappa shape index (κ3) is 3.74. The Hall–Kier alpha value is -2.27. The van der Waals surface area contributed by atoms with E-state index >= 15 is 0 Å². The summed E-state index contributed by atoms with van der Waals surface area (Å²) in [6.45, 7) is 0.345. The van der Waals surface area contributed by atoms with Crippen molar-refractivity contribution in [1.82, 2.24) is 30.6 Å². The fraction of sp³-hybridized carbons (Fsp3) is 0.333. The maximum absolute atomic E-state index is 11.5. The molecule has 0 unspecified atom stereocenters. The van der Waals surface area contributed by atoms with E-state index in [-0.39, 0.29) is 0 Å². The molecule has 9 nitrogen and oxygen atoms in total. The number of H-pyrrole nitrogens is 1. The number of aromatic amines is 1. The lowest BCUT2D eigenvalue weighted by molar-refractivity contribution is 0.201. The van der Waals surface area contributed by atoms with Gasteiger partial charge in [0.15, 0.2) is 5.82 Å². The van der Waals surface area contributed by atoms with Crippen molar-refractivity contribution in [3.05, 3.63) is 18.0 Å². The SMILES string of the molecule is O=C(O)N(CCCCc1nn[nH]n1)c1ccc2nc(S)sc2n1. The molecule has 3 rings (SSSR count). The van der Waals surface area contributed by atoms with E-state index < -0.39 is 6.09 Å². The Labute approximate surface area is 140 Å². The van der Waals surface area contributed by atoms with Crippen LogP contribution in [-0.4, -0.2) is 48.3 Å². The first-order valence-electron chi connectivity index (χ1n) is 6.83. The van der Waals surface area contributed by atoms with Crippen molar-refractivity contribution in [3.8, 4) is 0 Å². The van der Waals surface area contributed by atoms with Crippen molar-refractivity contribution in [1.29, 1.82) is 0 Å². The smallest absolute Gasteiger partial charge is 0.413 e. The molecule has 0 radical (unpaired) electrons. The van der Waals surface area contributed by atoms with Gasteiger partial charge in [0.2, 0.25) is 0 Å². The number of anilines is 1. The molecule has 3 aromatic rings. The molecule has 0 atom stereocenters. The van der Waals surface area contributed by atoms with E-state index in [1.165, 1.54) is 16.2 Å². The number of thiazole rings is 1. The summed E-state index contributed by atoms with van der Waals surface area (Å²) < 4.78 is 0.603. The fourth-order valence-corrected chi connectivity index (χ4v) is 3.14. The van der Waals surface area contributed by atoms with Crippen molar-refractivity contribution in [2.75, 3.05) is 11.4 Å². The normalized spacial score (nSPS) is 11.0. The molecular formula is C12H13N7O2S2. The van der Waals surface area contributed by atoms with Gasteiger partial charge >= 0.3 is 6.09 Å². The first kappa shape index (κ1) is 15.6. The lowest BCUT2D eigenvalue weighted by atomic mass is 10.2. The molecule has 3 heterocycles. The second-order valence-corrected chi connectivity index (χ2v) is 6.41. The third-order valence-corrected chi connectivity index (χ3v) is 4.30. The Morgan fingerprint density at radius 1 is 1.35 bits per heavy atom. The van der Waals surface area contributed by atoms with Gasteiger partial charge in [0.25, 0.3) is 0 Å². The minimum absolute atomic E-state index is 0.345. The second-order valence-electron chi connectivity index (χ2n) is 4.71. The van der Waals surface area contributed by atoms with Gasteiger partial charge in [-0.1, -0.05) is 16.6 Å². The minimum Gasteiger partial charge on any atom is -0.465 e. The summed E-state index contributed by atoms with van der Waals surface area (Å²) >= 11 is 5.50. The molecule has 0 aromatic carbocycles. The van der Waals surface area contributed by atoms with Crippen LogP contribution in [0.2, 0.25) is 0 Å². The van der Waals surface area contributed by atoms with Crippen molar-refractivity contribution in [2.45, 2.75) is 23.6 Å². The quantitative estimate of drug-likeness (QED) is 0.459. The van der Waals surface area contributed by atoms with Gasteiger partial charge in [-0.25, -0.2) is 14.8 Å². The zero-order valence-electron chi connectivity index (χ0n) is 11.9. The molecule has 0 saturated heterocycles. The summed E-state index contributed by atoms with van der Waals surface area (Å²) in [5.74, 6) is 1.01. The van der Waals surface area contributed by atoms with Crippen molar-refractivity contribution in [3.63, 3.8) is 0 Å². The van der Waals surface area contributed by atoms with Gasteiger partial charge < -0.3 is 5.11 Å². The molecule has 120 valence electrons. The van der Waals surface area contributed by atoms with Crippen LogP contribution in [0.3, 0.4) is 0 Å². The average molecular weight is 351 g/mol. The first-order valence-corrected chi connectivity index (χ1v) is 8.09. The third-order valence-electron chi connectivity index (χ3n) is 3.16. The van der Waals surface area contributed by atoms with E-state index in [9.17, 15) is 9.90 Å². The number of hydrogen-bond donors (Lipinski definition) is 3. The highest BCUT2D eigenvalue weighted by molar-refractivity contribution is 7.82. The van der Waals surface area contributed by atoms with Gasteiger partial charge in [-0.15, -0.1) is 22.8 Å². The van der Waals surface area contributed by atoms with Crippen LogP contribution >= 0.6 is 24.0 Å². The van der Waals surface area contributed by atoms with E-state index in [0.29, 0.717) is 45.7 Å². The maximum Gasteiger partial charge on any atom is 0.413 e. The molecule has 1 amide bonds. The molecule has 3 aromatic heterocycles. The molecule has 0 spiro atoms. The van der Waals surface area contributed by atoms with Gasteiger partial charge in [0.1, 0.15) is 20.5 Å². The van der Waals surface area contributed by atoms with E-state index in [1.807, 2.05) is 0 Å². The number of pyridine rings is 1. The summed E-state index contributed by atoms with van der Waals surface area (Å²) in [7, 11) is 0. The molecule has 0 aliphatic carbocycles. The molecule has 0 saturated carbocycles. The van der Waals surface area contributed by atoms with Gasteiger partial charge in [-0.3, -0.25) is 4.90 Å². The highest BCUT2D eigenvalue weighted by atomic mass is 32.2. The van der Waals surface area contributed by atoms with Crippen LogP contribution in [0.5, 0.6) is 0 Å². The number of aromatic nitrogens is 6. The molecule has 0 bridgehead atoms. The zero-order chi connectivity index (χ0) is 16.2. The van der Waals surface area contributed by atoms with Gasteiger partial charge in [0, 0.05) is 13.0 Å². The summed E-state index contributed by atoms with van der Waals surface area (Å²) in [5.41, 5.74) is 0.714. The standard InChI is InChI=1S/C12H13N7O2S2/c20-12(21)19(6-2-1-3-8-15-17-18-16-8)9-5-4-7-10(14-9)23-11(22)13-7/h4-5H,1-3,6H2,(H,13,22)(H,20,21)(H,15,16,17,18). The number of aryl methyl sites for hydroxylation is 1. The number of unbranched alkanes of at least 4 members (excludes halogenated alkanes) is 1. The molecule has 2 N–H and O–H groups in total. The molecule has 0 aliphatic heterocycles. The predicted octanol–water partition coefficient (Wildman–Crippen LogP) is 2.00. The zero-order valence-corrected chi connectivity index (χ0v) is 13.6. The van der Waals surface area contributed by atoms with Crippen LogP contribution in [0.1, 0.15) is 18.7 Å². The second kappa shape index (κ2) is 6.87. The highest BCUT2D eigenvalue weighted by Crippen LogP contribution is 2.25. The largest absolute Gasteiger partial charge is 0.465 e. The number of hydrogen-bond acceptors (Lipinski definition) is 8. The van der Waals surface area contributed by atoms with Gasteiger partial charge in [0.05, 0.1) is 0 Å². The molecule has 0 fully saturated rings.